The minimum Gasteiger partial charge on any atom is -0.477 e. The predicted molar refractivity (Wildman–Crippen MR) is 171 cm³/mol. The van der Waals surface area contributed by atoms with Crippen LogP contribution in [0.25, 0.3) is 11.1 Å². The fourth-order valence-electron chi connectivity index (χ4n) is 4.95. The highest BCUT2D eigenvalue weighted by Crippen LogP contribution is 2.30. The summed E-state index contributed by atoms with van der Waals surface area (Å²) in [7, 11) is 0. The van der Waals surface area contributed by atoms with E-state index in [4.69, 9.17) is 9.47 Å². The third kappa shape index (κ3) is 12.6. The molecule has 0 N–H and O–H groups in total. The highest BCUT2D eigenvalue weighted by molar-refractivity contribution is 5.92. The number of aromatic nitrogens is 2. The lowest BCUT2D eigenvalue weighted by Gasteiger charge is -2.21. The molecule has 3 rings (SSSR count). The van der Waals surface area contributed by atoms with Crippen molar-refractivity contribution in [3.63, 3.8) is 0 Å². The summed E-state index contributed by atoms with van der Waals surface area (Å²) in [5, 5.41) is 0. The molecule has 0 saturated heterocycles. The summed E-state index contributed by atoms with van der Waals surface area (Å²) in [6.45, 7) is 4.65. The average molecular weight is 661 g/mol. The van der Waals surface area contributed by atoms with Crippen molar-refractivity contribution in [3.05, 3.63) is 71.9 Å². The number of halogens is 4. The molecule has 0 radical (unpaired) electrons. The number of nitrogens with zero attached hydrogens (tertiary/aromatic N) is 2. The highest BCUT2D eigenvalue weighted by atomic mass is 19.4. The maximum Gasteiger partial charge on any atom is 0.425 e. The molecule has 0 bridgehead atoms. The largest absolute Gasteiger partial charge is 0.477 e. The van der Waals surface area contributed by atoms with Crippen molar-refractivity contribution < 1.29 is 41.4 Å². The van der Waals surface area contributed by atoms with Gasteiger partial charge in [0, 0.05) is 12.3 Å². The van der Waals surface area contributed by atoms with Crippen LogP contribution in [0.3, 0.4) is 0 Å². The van der Waals surface area contributed by atoms with Gasteiger partial charge in [-0.3, -0.25) is 0 Å². The molecular formula is C36H44F4N2O5. The van der Waals surface area contributed by atoms with Crippen LogP contribution in [0.4, 0.5) is 17.6 Å². The minimum atomic E-state index is -4.78. The van der Waals surface area contributed by atoms with E-state index in [1.54, 1.807) is 18.3 Å². The zero-order chi connectivity index (χ0) is 34.1. The van der Waals surface area contributed by atoms with E-state index >= 15 is 0 Å². The molecule has 0 spiro atoms. The Labute approximate surface area is 274 Å². The van der Waals surface area contributed by atoms with Crippen molar-refractivity contribution >= 4 is 11.9 Å². The lowest BCUT2D eigenvalue weighted by molar-refractivity contribution is -0.206. The number of unbranched alkanes of at least 4 members (excludes halogenated alkanes) is 10. The van der Waals surface area contributed by atoms with Crippen molar-refractivity contribution in [3.8, 4) is 22.8 Å². The van der Waals surface area contributed by atoms with Crippen molar-refractivity contribution in [1.82, 2.24) is 9.97 Å². The van der Waals surface area contributed by atoms with Crippen LogP contribution < -0.4 is 9.47 Å². The second-order valence-corrected chi connectivity index (χ2v) is 11.5. The quantitative estimate of drug-likeness (QED) is 0.0516. The number of rotatable bonds is 20. The first-order valence-corrected chi connectivity index (χ1v) is 16.5. The van der Waals surface area contributed by atoms with E-state index in [1.807, 2.05) is 6.92 Å². The van der Waals surface area contributed by atoms with Gasteiger partial charge in [-0.2, -0.15) is 13.2 Å². The van der Waals surface area contributed by atoms with Gasteiger partial charge in [0.15, 0.2) is 6.10 Å². The monoisotopic (exact) mass is 660 g/mol. The smallest absolute Gasteiger partial charge is 0.425 e. The molecule has 11 heteroatoms. The van der Waals surface area contributed by atoms with Crippen LogP contribution in [-0.2, 0) is 4.74 Å². The van der Waals surface area contributed by atoms with Gasteiger partial charge in [-0.1, -0.05) is 90.2 Å². The van der Waals surface area contributed by atoms with Crippen LogP contribution in [0.5, 0.6) is 11.6 Å². The molecule has 0 aliphatic heterocycles. The van der Waals surface area contributed by atoms with E-state index < -0.39 is 42.0 Å². The number of benzene rings is 2. The SMILES string of the molecule is CCCCCCCCCCOc1ncncc1-c1ccc(C(=O)Oc2ccc(C(=O)OC(CCCCCC)C(F)(F)F)c(F)c2)cc1. The molecule has 0 aliphatic carbocycles. The minimum absolute atomic E-state index is 0.159. The van der Waals surface area contributed by atoms with Gasteiger partial charge in [-0.05, 0) is 49.1 Å². The molecule has 0 aliphatic rings. The van der Waals surface area contributed by atoms with E-state index in [-0.39, 0.29) is 17.7 Å². The standard InChI is InChI=1S/C36H44F4N2O5/c1-3-5-7-9-10-11-12-14-22-45-33-30(24-41-25-42-33)26-16-18-27(19-17-26)34(43)46-28-20-21-29(31(37)23-28)35(44)47-32(36(38,39)40)15-13-8-6-4-2/h16-21,23-25,32H,3-15,22H2,1-2H3. The Hall–Kier alpha value is -4.02. The van der Waals surface area contributed by atoms with E-state index in [0.717, 1.165) is 43.9 Å². The summed E-state index contributed by atoms with van der Waals surface area (Å²) in [6, 6.07) is 9.20. The molecule has 1 aromatic heterocycles. The molecule has 7 nitrogen and oxygen atoms in total. The van der Waals surface area contributed by atoms with Gasteiger partial charge in [0.25, 0.3) is 0 Å². The molecule has 3 aromatic rings. The van der Waals surface area contributed by atoms with Gasteiger partial charge in [-0.25, -0.2) is 23.9 Å². The maximum absolute atomic E-state index is 14.7. The van der Waals surface area contributed by atoms with Crippen molar-refractivity contribution in [2.24, 2.45) is 0 Å². The Morgan fingerprint density at radius 1 is 0.809 bits per heavy atom. The fraction of sp³-hybridized carbons (Fsp3) is 0.500. The number of ether oxygens (including phenoxy) is 3. The highest BCUT2D eigenvalue weighted by Gasteiger charge is 2.42. The van der Waals surface area contributed by atoms with Gasteiger partial charge in [-0.15, -0.1) is 0 Å². The van der Waals surface area contributed by atoms with E-state index in [9.17, 15) is 27.2 Å². The summed E-state index contributed by atoms with van der Waals surface area (Å²) in [6.07, 6.45) is 7.36. The third-order valence-electron chi connectivity index (χ3n) is 7.65. The van der Waals surface area contributed by atoms with Crippen LogP contribution in [0, 0.1) is 5.82 Å². The van der Waals surface area contributed by atoms with Crippen molar-refractivity contribution in [2.75, 3.05) is 6.61 Å². The summed E-state index contributed by atoms with van der Waals surface area (Å²) in [5.41, 5.74) is 0.837. The van der Waals surface area contributed by atoms with Gasteiger partial charge in [0.1, 0.15) is 17.9 Å². The number of carbonyl (C=O) groups is 2. The molecular weight excluding hydrogens is 616 g/mol. The summed E-state index contributed by atoms with van der Waals surface area (Å²) in [4.78, 5) is 33.5. The molecule has 0 amide bonds. The first-order valence-electron chi connectivity index (χ1n) is 16.5. The lowest BCUT2D eigenvalue weighted by atomic mass is 10.1. The van der Waals surface area contributed by atoms with Gasteiger partial charge >= 0.3 is 18.1 Å². The second-order valence-electron chi connectivity index (χ2n) is 11.5. The summed E-state index contributed by atoms with van der Waals surface area (Å²) in [5.74, 6) is -3.21. The molecule has 256 valence electrons. The van der Waals surface area contributed by atoms with E-state index in [2.05, 4.69) is 21.6 Å². The molecule has 47 heavy (non-hydrogen) atoms. The second kappa shape index (κ2) is 19.6. The third-order valence-corrected chi connectivity index (χ3v) is 7.65. The van der Waals surface area contributed by atoms with Crippen LogP contribution in [0.15, 0.2) is 55.0 Å². The predicted octanol–water partition coefficient (Wildman–Crippen LogP) is 10.1. The van der Waals surface area contributed by atoms with Crippen molar-refractivity contribution in [2.45, 2.75) is 110 Å². The van der Waals surface area contributed by atoms with Gasteiger partial charge in [0.05, 0.1) is 23.3 Å². The van der Waals surface area contributed by atoms with Gasteiger partial charge < -0.3 is 14.2 Å². The molecule has 1 heterocycles. The van der Waals surface area contributed by atoms with Crippen LogP contribution in [0.1, 0.15) is 118 Å². The number of carbonyl (C=O) groups excluding carboxylic acids is 2. The number of alkyl halides is 3. The molecule has 1 atom stereocenters. The van der Waals surface area contributed by atoms with E-state index in [0.29, 0.717) is 30.0 Å². The molecule has 1 unspecified atom stereocenters. The first-order chi connectivity index (χ1) is 22.6. The fourth-order valence-corrected chi connectivity index (χ4v) is 4.95. The molecule has 2 aromatic carbocycles. The zero-order valence-corrected chi connectivity index (χ0v) is 27.1. The van der Waals surface area contributed by atoms with Gasteiger partial charge in [0.2, 0.25) is 5.88 Å². The Kier molecular flexibility index (Phi) is 15.6. The van der Waals surface area contributed by atoms with Crippen LogP contribution in [0.2, 0.25) is 0 Å². The number of hydrogen-bond donors (Lipinski definition) is 0. The average Bonchev–Trinajstić information content (AvgIpc) is 3.05. The zero-order valence-electron chi connectivity index (χ0n) is 27.1. The lowest BCUT2D eigenvalue weighted by Crippen LogP contribution is -2.34. The number of hydrogen-bond acceptors (Lipinski definition) is 7. The normalized spacial score (nSPS) is 12.0. The summed E-state index contributed by atoms with van der Waals surface area (Å²) < 4.78 is 70.7. The number of esters is 2. The van der Waals surface area contributed by atoms with Crippen LogP contribution in [-0.4, -0.2) is 40.8 Å². The Morgan fingerprint density at radius 2 is 1.45 bits per heavy atom. The molecule has 0 saturated carbocycles. The van der Waals surface area contributed by atoms with E-state index in [1.165, 1.54) is 57.0 Å². The Bertz CT molecular complexity index is 1400. The Morgan fingerprint density at radius 3 is 2.09 bits per heavy atom. The van der Waals surface area contributed by atoms with Crippen LogP contribution >= 0.6 is 0 Å². The van der Waals surface area contributed by atoms with Crippen molar-refractivity contribution in [1.29, 1.82) is 0 Å². The first kappa shape index (κ1) is 37.4. The Balaban J connectivity index is 1.55. The maximum atomic E-state index is 14.7. The molecule has 0 fully saturated rings. The summed E-state index contributed by atoms with van der Waals surface area (Å²) >= 11 is 0. The topological polar surface area (TPSA) is 87.6 Å².